The summed E-state index contributed by atoms with van der Waals surface area (Å²) < 4.78 is 23.5. The van der Waals surface area contributed by atoms with Crippen molar-refractivity contribution in [1.82, 2.24) is 5.01 Å². The summed E-state index contributed by atoms with van der Waals surface area (Å²) in [5.41, 5.74) is 0.674. The van der Waals surface area contributed by atoms with Crippen LogP contribution in [0, 0.1) is 19.1 Å². The number of benzene rings is 3. The Hall–Kier alpha value is -4.44. The Kier molecular flexibility index (Phi) is 9.02. The van der Waals surface area contributed by atoms with E-state index in [0.717, 1.165) is 0 Å². The van der Waals surface area contributed by atoms with Crippen molar-refractivity contribution >= 4 is 68.1 Å². The van der Waals surface area contributed by atoms with Gasteiger partial charge in [-0.15, -0.1) is 0 Å². The number of hydrogen-bond acceptors (Lipinski definition) is 10. The van der Waals surface area contributed by atoms with Crippen LogP contribution in [0.2, 0.25) is 0 Å². The highest BCUT2D eigenvalue weighted by Gasteiger charge is 2.36. The van der Waals surface area contributed by atoms with Crippen molar-refractivity contribution in [3.8, 4) is 23.0 Å². The summed E-state index contributed by atoms with van der Waals surface area (Å²) in [5.74, 6) is 1.45. The van der Waals surface area contributed by atoms with Gasteiger partial charge in [-0.2, -0.15) is 15.1 Å². The molecule has 1 N–H and O–H groups in total. The predicted molar refractivity (Wildman–Crippen MR) is 167 cm³/mol. The summed E-state index contributed by atoms with van der Waals surface area (Å²) in [7, 11) is 1.50. The van der Waals surface area contributed by atoms with Crippen molar-refractivity contribution in [1.29, 1.82) is 5.41 Å². The van der Waals surface area contributed by atoms with E-state index in [1.165, 1.54) is 48.1 Å². The number of carbonyl (C=O) groups excluding carboxylic acids is 1. The number of aliphatic imine (C=N–C) groups is 1. The number of para-hydroxylation sites is 1. The van der Waals surface area contributed by atoms with E-state index in [1.54, 1.807) is 18.2 Å². The van der Waals surface area contributed by atoms with Gasteiger partial charge in [0.25, 0.3) is 11.6 Å². The van der Waals surface area contributed by atoms with Crippen molar-refractivity contribution in [2.75, 3.05) is 26.9 Å². The van der Waals surface area contributed by atoms with Gasteiger partial charge in [-0.1, -0.05) is 18.2 Å². The largest absolute Gasteiger partial charge is 0.493 e. The van der Waals surface area contributed by atoms with Gasteiger partial charge >= 0.3 is 0 Å². The third-order valence-corrected chi connectivity index (χ3v) is 7.49. The molecule has 0 bridgehead atoms. The van der Waals surface area contributed by atoms with E-state index in [-0.39, 0.29) is 36.9 Å². The molecule has 0 radical (unpaired) electrons. The Morgan fingerprint density at radius 3 is 2.48 bits per heavy atom. The number of nitrogens with one attached hydrogen (secondary N) is 1. The highest BCUT2D eigenvalue weighted by molar-refractivity contribution is 14.1. The molecule has 0 aromatic heterocycles. The van der Waals surface area contributed by atoms with Gasteiger partial charge in [-0.05, 0) is 82.4 Å². The summed E-state index contributed by atoms with van der Waals surface area (Å²) in [4.78, 5) is 27.3. The molecule has 1 amide bonds. The Balaban J connectivity index is 1.24. The number of rotatable bonds is 11. The molecule has 0 atom stereocenters. The number of amidine groups is 2. The smallest absolute Gasteiger partial charge is 0.283 e. The van der Waals surface area contributed by atoms with Crippen LogP contribution < -0.4 is 18.9 Å². The number of thioether (sulfide) groups is 1. The normalized spacial score (nSPS) is 15.2. The summed E-state index contributed by atoms with van der Waals surface area (Å²) in [6.07, 6.45) is 1.57. The van der Waals surface area contributed by atoms with Gasteiger partial charge in [0.2, 0.25) is 5.17 Å². The van der Waals surface area contributed by atoms with E-state index in [2.05, 4.69) is 32.7 Å². The monoisotopic (exact) mass is 699 g/mol. The fourth-order valence-electron chi connectivity index (χ4n) is 3.85. The quantitative estimate of drug-likeness (QED) is 0.0918. The van der Waals surface area contributed by atoms with Crippen LogP contribution in [0.15, 0.2) is 82.4 Å². The first-order chi connectivity index (χ1) is 20.3. The second-order valence-corrected chi connectivity index (χ2v) is 10.8. The maximum atomic E-state index is 12.9. The average Bonchev–Trinajstić information content (AvgIpc) is 3.40. The van der Waals surface area contributed by atoms with Gasteiger partial charge in [0.05, 0.1) is 21.2 Å². The Morgan fingerprint density at radius 2 is 1.76 bits per heavy atom. The molecule has 2 aliphatic rings. The zero-order chi connectivity index (χ0) is 29.6. The van der Waals surface area contributed by atoms with Crippen LogP contribution in [0.3, 0.4) is 0 Å². The van der Waals surface area contributed by atoms with Crippen molar-refractivity contribution in [2.24, 2.45) is 10.1 Å². The maximum Gasteiger partial charge on any atom is 0.283 e. The number of non-ortho nitro benzene ring substituents is 1. The third-order valence-electron chi connectivity index (χ3n) is 5.81. The zero-order valence-corrected chi connectivity index (χ0v) is 25.0. The SMILES string of the molecule is COc1cc(/C=C2/C(=N)N3N=C(COc4ccccc4)SC3=NC2=O)cc(I)c1OCCOc1ccc([N+](=O)[O-])cc1. The molecule has 0 unspecified atom stereocenters. The van der Waals surface area contributed by atoms with Crippen LogP contribution in [-0.2, 0) is 4.79 Å². The first kappa shape index (κ1) is 29.1. The minimum atomic E-state index is -0.545. The van der Waals surface area contributed by atoms with E-state index in [1.807, 2.05) is 30.3 Å². The van der Waals surface area contributed by atoms with Crippen LogP contribution in [-0.4, -0.2) is 58.8 Å². The van der Waals surface area contributed by atoms with E-state index < -0.39 is 10.8 Å². The maximum absolute atomic E-state index is 12.9. The third kappa shape index (κ3) is 6.71. The van der Waals surface area contributed by atoms with Gasteiger partial charge in [0.15, 0.2) is 17.3 Å². The molecule has 0 aliphatic carbocycles. The van der Waals surface area contributed by atoms with Gasteiger partial charge in [-0.25, -0.2) is 0 Å². The van der Waals surface area contributed by atoms with Crippen molar-refractivity contribution in [3.63, 3.8) is 0 Å². The average molecular weight is 699 g/mol. The molecular weight excluding hydrogens is 677 g/mol. The number of hydrogen-bond donors (Lipinski definition) is 1. The number of amides is 1. The predicted octanol–water partition coefficient (Wildman–Crippen LogP) is 5.36. The van der Waals surface area contributed by atoms with Crippen molar-refractivity contribution in [2.45, 2.75) is 0 Å². The van der Waals surface area contributed by atoms with Crippen LogP contribution in [0.4, 0.5) is 5.69 Å². The van der Waals surface area contributed by atoms with E-state index >= 15 is 0 Å². The first-order valence-electron chi connectivity index (χ1n) is 12.4. The van der Waals surface area contributed by atoms with Gasteiger partial charge < -0.3 is 18.9 Å². The molecule has 214 valence electrons. The summed E-state index contributed by atoms with van der Waals surface area (Å²) in [6, 6.07) is 18.6. The molecule has 0 spiro atoms. The van der Waals surface area contributed by atoms with Crippen LogP contribution in [0.25, 0.3) is 6.08 Å². The number of fused-ring (bicyclic) bond motifs is 1. The van der Waals surface area contributed by atoms with Gasteiger partial charge in [0.1, 0.15) is 36.4 Å². The lowest BCUT2D eigenvalue weighted by atomic mass is 10.1. The molecule has 0 fully saturated rings. The lowest BCUT2D eigenvalue weighted by molar-refractivity contribution is -0.384. The summed E-state index contributed by atoms with van der Waals surface area (Å²) in [5, 5.41) is 26.1. The second kappa shape index (κ2) is 13.0. The highest BCUT2D eigenvalue weighted by Crippen LogP contribution is 2.35. The van der Waals surface area contributed by atoms with Crippen molar-refractivity contribution in [3.05, 3.63) is 91.6 Å². The number of nitro groups is 1. The molecule has 42 heavy (non-hydrogen) atoms. The Morgan fingerprint density at radius 1 is 1.05 bits per heavy atom. The zero-order valence-electron chi connectivity index (χ0n) is 22.0. The Labute approximate surface area is 257 Å². The highest BCUT2D eigenvalue weighted by atomic mass is 127. The van der Waals surface area contributed by atoms with E-state index in [9.17, 15) is 14.9 Å². The van der Waals surface area contributed by atoms with Gasteiger partial charge in [-0.3, -0.25) is 20.3 Å². The molecule has 3 aromatic carbocycles. The molecule has 3 aromatic rings. The second-order valence-electron chi connectivity index (χ2n) is 8.60. The lowest BCUT2D eigenvalue weighted by Crippen LogP contribution is -2.35. The van der Waals surface area contributed by atoms with E-state index in [0.29, 0.717) is 42.3 Å². The van der Waals surface area contributed by atoms with Gasteiger partial charge in [0, 0.05) is 12.1 Å². The topological polar surface area (TPSA) is 149 Å². The fourth-order valence-corrected chi connectivity index (χ4v) is 5.43. The molecule has 5 rings (SSSR count). The fraction of sp³-hybridized carbons (Fsp3) is 0.143. The first-order valence-corrected chi connectivity index (χ1v) is 14.3. The van der Waals surface area contributed by atoms with E-state index in [4.69, 9.17) is 24.4 Å². The minimum Gasteiger partial charge on any atom is -0.493 e. The van der Waals surface area contributed by atoms with Crippen LogP contribution >= 0.6 is 34.4 Å². The number of carbonyl (C=O) groups is 1. The molecule has 2 aliphatic heterocycles. The summed E-state index contributed by atoms with van der Waals surface area (Å²) in [6.45, 7) is 0.563. The standard InChI is InChI=1S/C28H22IN5O7S/c1-38-23-15-17(14-22(29)25(23)40-12-11-39-20-9-7-18(8-10-20)34(36)37)13-21-26(30)33-28(31-27(21)35)42-24(32-33)16-41-19-5-3-2-4-6-19/h2-10,13-15,30H,11-12,16H2,1H3/b21-13-,30-26?. The minimum absolute atomic E-state index is 0.0181. The number of nitrogens with zero attached hydrogens (tertiary/aromatic N) is 4. The molecule has 0 saturated heterocycles. The van der Waals surface area contributed by atoms with Crippen LogP contribution in [0.1, 0.15) is 5.56 Å². The number of ether oxygens (including phenoxy) is 4. The Bertz CT molecular complexity index is 1630. The molecule has 12 nitrogen and oxygen atoms in total. The number of halogens is 1. The summed E-state index contributed by atoms with van der Waals surface area (Å²) >= 11 is 3.29. The number of methoxy groups -OCH3 is 1. The molecule has 0 saturated carbocycles. The molecular formula is C28H22IN5O7S. The van der Waals surface area contributed by atoms with Crippen molar-refractivity contribution < 1.29 is 28.7 Å². The lowest BCUT2D eigenvalue weighted by Gasteiger charge is -2.20. The number of hydrazone groups is 1. The molecule has 14 heteroatoms. The van der Waals surface area contributed by atoms with Crippen LogP contribution in [0.5, 0.6) is 23.0 Å². The number of nitro benzene ring substituents is 1. The molecule has 2 heterocycles.